The molecule has 0 saturated heterocycles. The average molecular weight is 181 g/mol. The zero-order chi connectivity index (χ0) is 9.26. The zero-order valence-corrected chi connectivity index (χ0v) is 6.53. The van der Waals surface area contributed by atoms with Crippen molar-refractivity contribution in [1.29, 1.82) is 0 Å². The van der Waals surface area contributed by atoms with Crippen molar-refractivity contribution in [2.75, 3.05) is 17.3 Å². The number of aromatic amines is 1. The van der Waals surface area contributed by atoms with Gasteiger partial charge in [0, 0.05) is 6.21 Å². The Labute approximate surface area is 72.5 Å². The summed E-state index contributed by atoms with van der Waals surface area (Å²) in [5.41, 5.74) is 1.59. The van der Waals surface area contributed by atoms with E-state index in [4.69, 9.17) is 5.21 Å². The largest absolute Gasteiger partial charge is 0.363 e. The SMILES string of the molecule is O=c1[nH]c(NO)nc2c1N=CCN2. The minimum Gasteiger partial charge on any atom is -0.363 e. The Morgan fingerprint density at radius 3 is 3.23 bits per heavy atom. The van der Waals surface area contributed by atoms with E-state index in [1.165, 1.54) is 0 Å². The van der Waals surface area contributed by atoms with E-state index in [1.807, 2.05) is 0 Å². The van der Waals surface area contributed by atoms with Crippen LogP contribution in [0.3, 0.4) is 0 Å². The second kappa shape index (κ2) is 2.87. The van der Waals surface area contributed by atoms with E-state index in [0.29, 0.717) is 12.4 Å². The van der Waals surface area contributed by atoms with E-state index in [1.54, 1.807) is 11.7 Å². The first-order chi connectivity index (χ1) is 6.31. The molecule has 2 rings (SSSR count). The molecule has 13 heavy (non-hydrogen) atoms. The molecule has 1 aromatic heterocycles. The number of H-pyrrole nitrogens is 1. The number of hydrogen-bond acceptors (Lipinski definition) is 6. The molecule has 68 valence electrons. The van der Waals surface area contributed by atoms with E-state index in [-0.39, 0.29) is 11.6 Å². The van der Waals surface area contributed by atoms with Gasteiger partial charge in [0.05, 0.1) is 6.54 Å². The summed E-state index contributed by atoms with van der Waals surface area (Å²) in [7, 11) is 0. The minimum absolute atomic E-state index is 0.00616. The Kier molecular flexibility index (Phi) is 1.71. The molecule has 0 amide bonds. The summed E-state index contributed by atoms with van der Waals surface area (Å²) in [4.78, 5) is 21.3. The highest BCUT2D eigenvalue weighted by molar-refractivity contribution is 5.77. The molecule has 2 heterocycles. The Bertz CT molecular complexity index is 410. The smallest absolute Gasteiger partial charge is 0.280 e. The van der Waals surface area contributed by atoms with Gasteiger partial charge in [-0.1, -0.05) is 0 Å². The maximum absolute atomic E-state index is 11.2. The first-order valence-electron chi connectivity index (χ1n) is 3.62. The van der Waals surface area contributed by atoms with Crippen molar-refractivity contribution in [2.24, 2.45) is 4.99 Å². The fourth-order valence-corrected chi connectivity index (χ4v) is 1.04. The molecule has 0 atom stereocenters. The lowest BCUT2D eigenvalue weighted by Crippen LogP contribution is -2.18. The summed E-state index contributed by atoms with van der Waals surface area (Å²) in [6.07, 6.45) is 1.57. The number of hydrogen-bond donors (Lipinski definition) is 4. The number of aromatic nitrogens is 2. The van der Waals surface area contributed by atoms with Gasteiger partial charge in [0.15, 0.2) is 11.5 Å². The molecule has 1 aliphatic heterocycles. The molecular weight excluding hydrogens is 174 g/mol. The molecule has 0 fully saturated rings. The highest BCUT2D eigenvalue weighted by Gasteiger charge is 2.11. The Hall–Kier alpha value is -1.89. The first-order valence-corrected chi connectivity index (χ1v) is 3.62. The van der Waals surface area contributed by atoms with Gasteiger partial charge in [-0.2, -0.15) is 4.98 Å². The van der Waals surface area contributed by atoms with Gasteiger partial charge in [-0.25, -0.2) is 10.5 Å². The summed E-state index contributed by atoms with van der Waals surface area (Å²) >= 11 is 0. The maximum Gasteiger partial charge on any atom is 0.280 e. The van der Waals surface area contributed by atoms with Gasteiger partial charge < -0.3 is 5.32 Å². The van der Waals surface area contributed by atoms with Gasteiger partial charge in [0.25, 0.3) is 5.56 Å². The van der Waals surface area contributed by atoms with Crippen LogP contribution in [0, 0.1) is 0 Å². The van der Waals surface area contributed by atoms with Crippen molar-refractivity contribution >= 4 is 23.7 Å². The lowest BCUT2D eigenvalue weighted by molar-refractivity contribution is 0.382. The first kappa shape index (κ1) is 7.74. The van der Waals surface area contributed by atoms with Crippen LogP contribution >= 0.6 is 0 Å². The third-order valence-corrected chi connectivity index (χ3v) is 1.58. The highest BCUT2D eigenvalue weighted by atomic mass is 16.5. The van der Waals surface area contributed by atoms with Crippen LogP contribution in [0.15, 0.2) is 9.79 Å². The van der Waals surface area contributed by atoms with Crippen molar-refractivity contribution < 1.29 is 5.21 Å². The molecule has 0 radical (unpaired) electrons. The van der Waals surface area contributed by atoms with Crippen LogP contribution in [0.1, 0.15) is 0 Å². The van der Waals surface area contributed by atoms with Gasteiger partial charge >= 0.3 is 0 Å². The molecule has 4 N–H and O–H groups in total. The van der Waals surface area contributed by atoms with Gasteiger partial charge in [-0.05, 0) is 0 Å². The third-order valence-electron chi connectivity index (χ3n) is 1.58. The maximum atomic E-state index is 11.2. The monoisotopic (exact) mass is 181 g/mol. The molecule has 7 heteroatoms. The number of nitrogens with one attached hydrogen (secondary N) is 3. The van der Waals surface area contributed by atoms with Crippen molar-refractivity contribution in [2.45, 2.75) is 0 Å². The van der Waals surface area contributed by atoms with Gasteiger partial charge in [0.2, 0.25) is 5.95 Å². The van der Waals surface area contributed by atoms with Crippen LogP contribution in [0.4, 0.5) is 17.5 Å². The van der Waals surface area contributed by atoms with E-state index in [0.717, 1.165) is 0 Å². The van der Waals surface area contributed by atoms with E-state index in [9.17, 15) is 4.79 Å². The Balaban J connectivity index is 2.61. The molecule has 0 unspecified atom stereocenters. The van der Waals surface area contributed by atoms with Crippen LogP contribution in [0.5, 0.6) is 0 Å². The normalized spacial score (nSPS) is 13.3. The second-order valence-corrected chi connectivity index (χ2v) is 2.42. The number of fused-ring (bicyclic) bond motifs is 1. The van der Waals surface area contributed by atoms with Crippen molar-refractivity contribution in [1.82, 2.24) is 9.97 Å². The molecule has 1 aliphatic rings. The Morgan fingerprint density at radius 2 is 2.46 bits per heavy atom. The number of anilines is 2. The molecule has 0 spiro atoms. The highest BCUT2D eigenvalue weighted by Crippen LogP contribution is 2.19. The average Bonchev–Trinajstić information content (AvgIpc) is 2.18. The fraction of sp³-hybridized carbons (Fsp3) is 0.167. The van der Waals surface area contributed by atoms with Crippen molar-refractivity contribution in [3.05, 3.63) is 10.4 Å². The molecule has 0 aliphatic carbocycles. The quantitative estimate of drug-likeness (QED) is 0.445. The van der Waals surface area contributed by atoms with Gasteiger partial charge in [-0.3, -0.25) is 15.0 Å². The van der Waals surface area contributed by atoms with Gasteiger partial charge in [0.1, 0.15) is 0 Å². The second-order valence-electron chi connectivity index (χ2n) is 2.42. The fourth-order valence-electron chi connectivity index (χ4n) is 1.04. The number of rotatable bonds is 1. The van der Waals surface area contributed by atoms with Crippen molar-refractivity contribution in [3.8, 4) is 0 Å². The van der Waals surface area contributed by atoms with Crippen LogP contribution in [-0.4, -0.2) is 27.9 Å². The minimum atomic E-state index is -0.398. The van der Waals surface area contributed by atoms with Crippen LogP contribution < -0.4 is 16.4 Å². The van der Waals surface area contributed by atoms with E-state index in [2.05, 4.69) is 20.3 Å². The third kappa shape index (κ3) is 1.25. The number of nitrogens with zero attached hydrogens (tertiary/aromatic N) is 2. The number of aliphatic imine (C=N–C) groups is 1. The van der Waals surface area contributed by atoms with E-state index < -0.39 is 5.56 Å². The molecule has 7 nitrogen and oxygen atoms in total. The molecule has 0 saturated carbocycles. The van der Waals surface area contributed by atoms with Crippen LogP contribution in [-0.2, 0) is 0 Å². The predicted octanol–water partition coefficient (Wildman–Crippen LogP) is -0.301. The summed E-state index contributed by atoms with van der Waals surface area (Å²) in [6.45, 7) is 0.522. The lowest BCUT2D eigenvalue weighted by atomic mass is 10.4. The predicted molar refractivity (Wildman–Crippen MR) is 46.9 cm³/mol. The Morgan fingerprint density at radius 1 is 1.62 bits per heavy atom. The van der Waals surface area contributed by atoms with Crippen LogP contribution in [0.25, 0.3) is 0 Å². The standard InChI is InChI=1S/C6H7N5O2/c12-5-3-4(8-2-1-7-3)9-6(10-5)11-13/h1,13H,2H2,(H3,8,9,10,11,12). The summed E-state index contributed by atoms with van der Waals surface area (Å²) in [6, 6.07) is 0. The topological polar surface area (TPSA) is 102 Å². The van der Waals surface area contributed by atoms with E-state index >= 15 is 0 Å². The lowest BCUT2D eigenvalue weighted by Gasteiger charge is -2.10. The summed E-state index contributed by atoms with van der Waals surface area (Å²) in [5.74, 6) is 0.358. The zero-order valence-electron chi connectivity index (χ0n) is 6.53. The molecule has 1 aromatic rings. The molecule has 0 aromatic carbocycles. The summed E-state index contributed by atoms with van der Waals surface area (Å²) < 4.78 is 0. The van der Waals surface area contributed by atoms with Gasteiger partial charge in [-0.15, -0.1) is 0 Å². The summed E-state index contributed by atoms with van der Waals surface area (Å²) in [5, 5.41) is 11.4. The van der Waals surface area contributed by atoms with Crippen molar-refractivity contribution in [3.63, 3.8) is 0 Å². The molecule has 0 bridgehead atoms. The van der Waals surface area contributed by atoms with Crippen LogP contribution in [0.2, 0.25) is 0 Å². The molecular formula is C6H7N5O2.